The highest BCUT2D eigenvalue weighted by Crippen LogP contribution is 2.27. The van der Waals surface area contributed by atoms with E-state index in [2.05, 4.69) is 20.5 Å². The van der Waals surface area contributed by atoms with Crippen molar-refractivity contribution in [2.45, 2.75) is 58.0 Å². The highest BCUT2D eigenvalue weighted by atomic mass is 32.1. The zero-order chi connectivity index (χ0) is 32.1. The minimum atomic E-state index is -1.21. The molecule has 240 valence electrons. The number of carboxylic acids is 1. The van der Waals surface area contributed by atoms with Gasteiger partial charge in [-0.3, -0.25) is 19.3 Å². The van der Waals surface area contributed by atoms with Gasteiger partial charge in [0.05, 0.1) is 17.8 Å². The summed E-state index contributed by atoms with van der Waals surface area (Å²) in [5, 5.41) is 17.3. The van der Waals surface area contributed by atoms with Crippen LogP contribution in [0.2, 0.25) is 0 Å². The Morgan fingerprint density at radius 3 is 2.64 bits per heavy atom. The number of aliphatic carboxylic acids is 1. The van der Waals surface area contributed by atoms with E-state index in [1.165, 1.54) is 53.0 Å². The number of carbonyl (C=O) groups is 3. The van der Waals surface area contributed by atoms with Crippen molar-refractivity contribution >= 4 is 52.0 Å². The number of alkyl carbamates (subject to hydrolysis) is 1. The van der Waals surface area contributed by atoms with Crippen molar-refractivity contribution in [2.24, 2.45) is 0 Å². The fourth-order valence-electron chi connectivity index (χ4n) is 5.41. The van der Waals surface area contributed by atoms with Crippen LogP contribution in [0.4, 0.5) is 15.7 Å². The summed E-state index contributed by atoms with van der Waals surface area (Å²) < 4.78 is 6.97. The lowest BCUT2D eigenvalue weighted by Gasteiger charge is -2.34. The molecule has 0 radical (unpaired) electrons. The number of ether oxygens (including phenoxy) is 1. The minimum Gasteiger partial charge on any atom is -0.478 e. The van der Waals surface area contributed by atoms with Crippen LogP contribution in [0.15, 0.2) is 34.6 Å². The second kappa shape index (κ2) is 13.8. The number of hydrogen-bond acceptors (Lipinski definition) is 10. The van der Waals surface area contributed by atoms with Gasteiger partial charge < -0.3 is 25.0 Å². The van der Waals surface area contributed by atoms with Gasteiger partial charge in [0.2, 0.25) is 0 Å². The van der Waals surface area contributed by atoms with E-state index in [0.29, 0.717) is 31.1 Å². The maximum atomic E-state index is 13.6. The second-order valence-corrected chi connectivity index (χ2v) is 13.2. The topological polar surface area (TPSA) is 158 Å². The highest BCUT2D eigenvalue weighted by Gasteiger charge is 2.27. The number of pyridine rings is 1. The zero-order valence-electron chi connectivity index (χ0n) is 25.7. The molecule has 2 amide bonds. The molecule has 0 spiro atoms. The molecular weight excluding hydrogens is 598 g/mol. The Balaban J connectivity index is 1.36. The maximum Gasteiger partial charge on any atom is 0.407 e. The molecule has 3 N–H and O–H groups in total. The first-order valence-electron chi connectivity index (χ1n) is 15.1. The number of fused-ring (bicyclic) bond motifs is 1. The number of aromatic nitrogens is 3. The van der Waals surface area contributed by atoms with Gasteiger partial charge in [-0.1, -0.05) is 20.8 Å². The molecule has 14 heteroatoms. The summed E-state index contributed by atoms with van der Waals surface area (Å²) in [5.74, 6) is -1.35. The number of rotatable bonds is 9. The van der Waals surface area contributed by atoms with Gasteiger partial charge in [0, 0.05) is 48.3 Å². The minimum absolute atomic E-state index is 0.0836. The van der Waals surface area contributed by atoms with Gasteiger partial charge in [0.1, 0.15) is 17.6 Å². The van der Waals surface area contributed by atoms with Gasteiger partial charge in [-0.2, -0.15) is 0 Å². The van der Waals surface area contributed by atoms with E-state index in [0.717, 1.165) is 31.4 Å². The SMILES string of the molecule is CC(C)(C)c1csc(NC(=O)c2ccn3c(=O)c(C=CC(=O)O)c(N4CCC[C@@H](OC(=O)NCCN5CCCC5)C4)nc3c2)n1. The predicted molar refractivity (Wildman–Crippen MR) is 172 cm³/mol. The molecule has 0 aromatic carbocycles. The molecule has 2 fully saturated rings. The van der Waals surface area contributed by atoms with Crippen molar-refractivity contribution in [3.05, 3.63) is 57.0 Å². The van der Waals surface area contributed by atoms with E-state index in [4.69, 9.17) is 9.72 Å². The fourth-order valence-corrected chi connectivity index (χ4v) is 6.34. The van der Waals surface area contributed by atoms with E-state index in [9.17, 15) is 24.3 Å². The third-order valence-corrected chi connectivity index (χ3v) is 8.60. The van der Waals surface area contributed by atoms with E-state index in [-0.39, 0.29) is 34.6 Å². The Bertz CT molecular complexity index is 1650. The van der Waals surface area contributed by atoms with E-state index < -0.39 is 29.6 Å². The molecule has 0 bridgehead atoms. The van der Waals surface area contributed by atoms with Gasteiger partial charge >= 0.3 is 12.1 Å². The number of likely N-dealkylation sites (tertiary alicyclic amines) is 1. The van der Waals surface area contributed by atoms with Crippen LogP contribution in [0.3, 0.4) is 0 Å². The quantitative estimate of drug-likeness (QED) is 0.296. The third-order valence-electron chi connectivity index (χ3n) is 7.84. The van der Waals surface area contributed by atoms with Crippen LogP contribution in [-0.2, 0) is 14.9 Å². The standard InChI is InChI=1S/C31H39N7O6S/c1-31(2,3)23-19-45-29(33-23)35-27(41)20-10-15-38-24(17-20)34-26(22(28(38)42)8-9-25(39)40)37-14-6-7-21(18-37)44-30(43)32-11-16-36-12-4-5-13-36/h8-10,15,17,19,21H,4-7,11-14,16,18H2,1-3H3,(H,32,43)(H,39,40)(H,33,35,41)/t21-/m1/s1. The molecule has 3 aromatic rings. The number of amides is 2. The molecule has 0 aliphatic carbocycles. The Morgan fingerprint density at radius 1 is 1.16 bits per heavy atom. The first kappa shape index (κ1) is 32.1. The molecule has 2 saturated heterocycles. The predicted octanol–water partition coefficient (Wildman–Crippen LogP) is 3.59. The van der Waals surface area contributed by atoms with Crippen molar-refractivity contribution in [2.75, 3.05) is 49.5 Å². The fraction of sp³-hybridized carbons (Fsp3) is 0.484. The zero-order valence-corrected chi connectivity index (χ0v) is 26.6. The van der Waals surface area contributed by atoms with Crippen molar-refractivity contribution in [1.82, 2.24) is 24.6 Å². The summed E-state index contributed by atoms with van der Waals surface area (Å²) in [6.07, 6.45) is 6.28. The normalized spacial score (nSPS) is 17.6. The molecule has 45 heavy (non-hydrogen) atoms. The van der Waals surface area contributed by atoms with Crippen molar-refractivity contribution in [3.8, 4) is 0 Å². The van der Waals surface area contributed by atoms with Gasteiger partial charge in [0.25, 0.3) is 11.5 Å². The van der Waals surface area contributed by atoms with Crippen LogP contribution in [0.5, 0.6) is 0 Å². The van der Waals surface area contributed by atoms with E-state index in [1.54, 1.807) is 0 Å². The van der Waals surface area contributed by atoms with Crippen LogP contribution in [0, 0.1) is 0 Å². The van der Waals surface area contributed by atoms with Crippen molar-refractivity contribution in [1.29, 1.82) is 0 Å². The molecule has 0 unspecified atom stereocenters. The third kappa shape index (κ3) is 8.05. The summed E-state index contributed by atoms with van der Waals surface area (Å²) in [6.45, 7) is 10.3. The number of carbonyl (C=O) groups excluding carboxylic acids is 2. The largest absolute Gasteiger partial charge is 0.478 e. The summed E-state index contributed by atoms with van der Waals surface area (Å²) in [7, 11) is 0. The van der Waals surface area contributed by atoms with Crippen LogP contribution >= 0.6 is 11.3 Å². The number of piperidine rings is 1. The molecule has 0 saturated carbocycles. The maximum absolute atomic E-state index is 13.6. The molecule has 5 heterocycles. The van der Waals surface area contributed by atoms with Gasteiger partial charge in [0.15, 0.2) is 5.13 Å². The van der Waals surface area contributed by atoms with E-state index >= 15 is 0 Å². The summed E-state index contributed by atoms with van der Waals surface area (Å²) in [6, 6.07) is 3.01. The first-order valence-corrected chi connectivity index (χ1v) is 16.0. The molecular formula is C31H39N7O6S. The van der Waals surface area contributed by atoms with Crippen LogP contribution in [-0.4, -0.2) is 87.7 Å². The average molecular weight is 638 g/mol. The molecule has 5 rings (SSSR count). The van der Waals surface area contributed by atoms with Crippen molar-refractivity contribution < 1.29 is 24.2 Å². The Kier molecular flexibility index (Phi) is 9.83. The summed E-state index contributed by atoms with van der Waals surface area (Å²) >= 11 is 1.33. The van der Waals surface area contributed by atoms with Gasteiger partial charge in [-0.25, -0.2) is 19.6 Å². The monoisotopic (exact) mass is 637 g/mol. The average Bonchev–Trinajstić information content (AvgIpc) is 3.69. The second-order valence-electron chi connectivity index (χ2n) is 12.3. The highest BCUT2D eigenvalue weighted by molar-refractivity contribution is 7.14. The summed E-state index contributed by atoms with van der Waals surface area (Å²) in [4.78, 5) is 64.0. The smallest absolute Gasteiger partial charge is 0.407 e. The Hall–Kier alpha value is -4.30. The lowest BCUT2D eigenvalue weighted by atomic mass is 9.93. The number of hydrogen-bond donors (Lipinski definition) is 3. The number of anilines is 2. The molecule has 2 aliphatic heterocycles. The molecule has 2 aliphatic rings. The van der Waals surface area contributed by atoms with Crippen LogP contribution in [0.25, 0.3) is 11.7 Å². The van der Waals surface area contributed by atoms with Crippen LogP contribution in [0.1, 0.15) is 68.1 Å². The Labute approximate surface area is 264 Å². The molecule has 13 nitrogen and oxygen atoms in total. The van der Waals surface area contributed by atoms with Gasteiger partial charge in [-0.15, -0.1) is 11.3 Å². The molecule has 3 aromatic heterocycles. The van der Waals surface area contributed by atoms with Crippen LogP contribution < -0.4 is 21.1 Å². The van der Waals surface area contributed by atoms with Crippen molar-refractivity contribution in [3.63, 3.8) is 0 Å². The first-order chi connectivity index (χ1) is 21.5. The summed E-state index contributed by atoms with van der Waals surface area (Å²) in [5.41, 5.74) is 0.792. The Morgan fingerprint density at radius 2 is 1.93 bits per heavy atom. The van der Waals surface area contributed by atoms with E-state index in [1.807, 2.05) is 31.1 Å². The van der Waals surface area contributed by atoms with Gasteiger partial charge in [-0.05, 0) is 57.0 Å². The lowest BCUT2D eigenvalue weighted by molar-refractivity contribution is -0.131. The molecule has 1 atom stereocenters. The lowest BCUT2D eigenvalue weighted by Crippen LogP contribution is -2.44. The number of thiazole rings is 1. The number of nitrogens with one attached hydrogen (secondary N) is 2. The number of nitrogens with zero attached hydrogens (tertiary/aromatic N) is 5. The number of carboxylic acid groups (broad SMARTS) is 1.